The van der Waals surface area contributed by atoms with Gasteiger partial charge in [0.15, 0.2) is 11.5 Å². The lowest BCUT2D eigenvalue weighted by molar-refractivity contribution is -0.112. The Labute approximate surface area is 226 Å². The van der Waals surface area contributed by atoms with Gasteiger partial charge in [0.05, 0.1) is 34.0 Å². The minimum Gasteiger partial charge on any atom is -0.490 e. The molecule has 3 rings (SSSR count). The molecule has 0 bridgehead atoms. The van der Waals surface area contributed by atoms with Crippen LogP contribution in [0.25, 0.3) is 6.08 Å². The summed E-state index contributed by atoms with van der Waals surface area (Å²) in [5, 5.41) is 22.1. The number of allylic oxidation sites excluding steroid dienone is 1. The first-order chi connectivity index (χ1) is 17.9. The number of ether oxygens (including phenoxy) is 2. The summed E-state index contributed by atoms with van der Waals surface area (Å²) in [6.45, 7) is 6.19. The molecule has 0 radical (unpaired) electrons. The Hall–Kier alpha value is -4.23. The summed E-state index contributed by atoms with van der Waals surface area (Å²) in [4.78, 5) is 12.8. The van der Waals surface area contributed by atoms with E-state index >= 15 is 0 Å². The van der Waals surface area contributed by atoms with Crippen LogP contribution in [-0.2, 0) is 17.8 Å². The van der Waals surface area contributed by atoms with Gasteiger partial charge >= 0.3 is 0 Å². The van der Waals surface area contributed by atoms with Crippen LogP contribution < -0.4 is 14.8 Å². The molecule has 0 aromatic heterocycles. The second-order valence-electron chi connectivity index (χ2n) is 7.72. The predicted octanol–water partition coefficient (Wildman–Crippen LogP) is 7.12. The molecule has 8 heteroatoms. The Balaban J connectivity index is 1.97. The first kappa shape index (κ1) is 27.4. The van der Waals surface area contributed by atoms with Crippen molar-refractivity contribution in [2.24, 2.45) is 0 Å². The van der Waals surface area contributed by atoms with Crippen molar-refractivity contribution in [2.45, 2.75) is 20.0 Å². The van der Waals surface area contributed by atoms with E-state index in [1.807, 2.05) is 25.1 Å². The molecule has 0 spiro atoms. The molecule has 1 N–H and O–H groups in total. The average molecular weight is 532 g/mol. The first-order valence-electron chi connectivity index (χ1n) is 11.3. The highest BCUT2D eigenvalue weighted by Crippen LogP contribution is 2.36. The number of nitrogens with zero attached hydrogens (tertiary/aromatic N) is 2. The monoisotopic (exact) mass is 531 g/mol. The third-order valence-electron chi connectivity index (χ3n) is 5.20. The van der Waals surface area contributed by atoms with Gasteiger partial charge in [-0.05, 0) is 55.3 Å². The van der Waals surface area contributed by atoms with E-state index in [0.29, 0.717) is 41.3 Å². The lowest BCUT2D eigenvalue weighted by Crippen LogP contribution is -2.14. The third kappa shape index (κ3) is 6.92. The topological polar surface area (TPSA) is 95.1 Å². The maximum Gasteiger partial charge on any atom is 0.266 e. The highest BCUT2D eigenvalue weighted by Gasteiger charge is 2.17. The fraction of sp³-hybridized carbons (Fsp3) is 0.138. The smallest absolute Gasteiger partial charge is 0.266 e. The largest absolute Gasteiger partial charge is 0.490 e. The molecular weight excluding hydrogens is 509 g/mol. The number of benzene rings is 3. The van der Waals surface area contributed by atoms with Gasteiger partial charge in [0.1, 0.15) is 18.2 Å². The summed E-state index contributed by atoms with van der Waals surface area (Å²) in [5.41, 5.74) is 2.73. The summed E-state index contributed by atoms with van der Waals surface area (Å²) >= 11 is 12.2. The first-order valence-corrected chi connectivity index (χ1v) is 12.1. The number of carbonyl (C=O) groups excluding carboxylic acids is 1. The number of anilines is 1. The number of halogens is 2. The Morgan fingerprint density at radius 2 is 1.86 bits per heavy atom. The quantitative estimate of drug-likeness (QED) is 0.171. The normalized spacial score (nSPS) is 10.7. The summed E-state index contributed by atoms with van der Waals surface area (Å²) in [7, 11) is 0. The van der Waals surface area contributed by atoms with Crippen molar-refractivity contribution in [3.8, 4) is 23.6 Å². The van der Waals surface area contributed by atoms with E-state index in [9.17, 15) is 15.3 Å². The SMILES string of the molecule is C=CCc1cc(/C=C(/C#N)C(=O)Nc2cccc(Cl)c2Cl)cc(OCC)c1OCc1ccccc1C#N. The molecule has 6 nitrogen and oxygen atoms in total. The van der Waals surface area contributed by atoms with Crippen LogP contribution in [0, 0.1) is 22.7 Å². The van der Waals surface area contributed by atoms with Crippen LogP contribution in [0.4, 0.5) is 5.69 Å². The maximum atomic E-state index is 12.8. The molecule has 0 fully saturated rings. The Morgan fingerprint density at radius 1 is 1.08 bits per heavy atom. The zero-order valence-corrected chi connectivity index (χ0v) is 21.6. The highest BCUT2D eigenvalue weighted by molar-refractivity contribution is 6.44. The second-order valence-corrected chi connectivity index (χ2v) is 8.50. The Morgan fingerprint density at radius 3 is 2.57 bits per heavy atom. The van der Waals surface area contributed by atoms with Crippen molar-refractivity contribution in [1.82, 2.24) is 0 Å². The number of carbonyl (C=O) groups is 1. The van der Waals surface area contributed by atoms with Crippen LogP contribution in [0.3, 0.4) is 0 Å². The van der Waals surface area contributed by atoms with Crippen molar-refractivity contribution in [1.29, 1.82) is 10.5 Å². The fourth-order valence-electron chi connectivity index (χ4n) is 3.51. The van der Waals surface area contributed by atoms with Gasteiger partial charge in [-0.2, -0.15) is 10.5 Å². The van der Waals surface area contributed by atoms with Gasteiger partial charge in [-0.25, -0.2) is 0 Å². The number of hydrogen-bond donors (Lipinski definition) is 1. The predicted molar refractivity (Wildman–Crippen MR) is 146 cm³/mol. The van der Waals surface area contributed by atoms with Crippen LogP contribution in [-0.4, -0.2) is 12.5 Å². The lowest BCUT2D eigenvalue weighted by atomic mass is 10.0. The van der Waals surface area contributed by atoms with Crippen molar-refractivity contribution in [2.75, 3.05) is 11.9 Å². The second kappa shape index (κ2) is 13.2. The average Bonchev–Trinajstić information content (AvgIpc) is 2.90. The zero-order chi connectivity index (χ0) is 26.8. The molecule has 0 saturated heterocycles. The Kier molecular flexibility index (Phi) is 9.75. The van der Waals surface area contributed by atoms with Gasteiger partial charge in [-0.3, -0.25) is 4.79 Å². The molecule has 0 saturated carbocycles. The molecular formula is C29H23Cl2N3O3. The maximum absolute atomic E-state index is 12.8. The van der Waals surface area contributed by atoms with Gasteiger partial charge in [0.25, 0.3) is 5.91 Å². The highest BCUT2D eigenvalue weighted by atomic mass is 35.5. The third-order valence-corrected chi connectivity index (χ3v) is 6.02. The number of nitrogens with one attached hydrogen (secondary N) is 1. The van der Waals surface area contributed by atoms with Crippen LogP contribution in [0.5, 0.6) is 11.5 Å². The van der Waals surface area contributed by atoms with Gasteiger partial charge in [-0.15, -0.1) is 6.58 Å². The molecule has 0 heterocycles. The summed E-state index contributed by atoms with van der Waals surface area (Å²) < 4.78 is 12.0. The number of hydrogen-bond acceptors (Lipinski definition) is 5. The van der Waals surface area contributed by atoms with Gasteiger partial charge in [0.2, 0.25) is 0 Å². The van der Waals surface area contributed by atoms with Crippen molar-refractivity contribution in [3.63, 3.8) is 0 Å². The molecule has 3 aromatic carbocycles. The molecule has 3 aromatic rings. The summed E-state index contributed by atoms with van der Waals surface area (Å²) in [6, 6.07) is 19.6. The number of amides is 1. The van der Waals surface area contributed by atoms with Gasteiger partial charge < -0.3 is 14.8 Å². The minimum atomic E-state index is -0.636. The van der Waals surface area contributed by atoms with Crippen LogP contribution in [0.2, 0.25) is 10.0 Å². The lowest BCUT2D eigenvalue weighted by Gasteiger charge is -2.17. The fourth-order valence-corrected chi connectivity index (χ4v) is 3.86. The van der Waals surface area contributed by atoms with Crippen LogP contribution >= 0.6 is 23.2 Å². The molecule has 1 amide bonds. The molecule has 0 unspecified atom stereocenters. The number of nitriles is 2. The molecule has 0 atom stereocenters. The van der Waals surface area contributed by atoms with Crippen molar-refractivity contribution in [3.05, 3.63) is 105 Å². The zero-order valence-electron chi connectivity index (χ0n) is 20.1. The molecule has 0 aliphatic rings. The molecule has 37 heavy (non-hydrogen) atoms. The molecule has 0 aliphatic carbocycles. The van der Waals surface area contributed by atoms with E-state index in [-0.39, 0.29) is 22.2 Å². The van der Waals surface area contributed by atoms with Crippen LogP contribution in [0.1, 0.15) is 29.2 Å². The van der Waals surface area contributed by atoms with E-state index in [1.165, 1.54) is 6.08 Å². The molecule has 186 valence electrons. The standard InChI is InChI=1S/C29H23Cl2N3O3/c1-3-8-20-13-19(14-23(17-33)29(35)34-25-12-7-11-24(30)27(25)31)15-26(36-4-2)28(20)37-18-22-10-6-5-9-21(22)16-32/h3,5-7,9-15H,1,4,8,18H2,2H3,(H,34,35)/b23-14-. The van der Waals surface area contributed by atoms with Gasteiger partial charge in [-0.1, -0.05) is 53.5 Å². The van der Waals surface area contributed by atoms with E-state index in [4.69, 9.17) is 32.7 Å². The van der Waals surface area contributed by atoms with E-state index in [2.05, 4.69) is 18.0 Å². The number of rotatable bonds is 10. The van der Waals surface area contributed by atoms with Crippen molar-refractivity contribution < 1.29 is 14.3 Å². The van der Waals surface area contributed by atoms with Gasteiger partial charge in [0, 0.05) is 11.1 Å². The minimum absolute atomic E-state index is 0.139. The molecule has 0 aliphatic heterocycles. The van der Waals surface area contributed by atoms with E-state index in [0.717, 1.165) is 11.1 Å². The summed E-state index contributed by atoms with van der Waals surface area (Å²) in [6.07, 6.45) is 3.62. The van der Waals surface area contributed by atoms with E-state index in [1.54, 1.807) is 48.5 Å². The van der Waals surface area contributed by atoms with E-state index < -0.39 is 5.91 Å². The van der Waals surface area contributed by atoms with Crippen molar-refractivity contribution >= 4 is 40.9 Å². The Bertz CT molecular complexity index is 1440. The summed E-state index contributed by atoms with van der Waals surface area (Å²) in [5.74, 6) is 0.307. The van der Waals surface area contributed by atoms with Crippen LogP contribution in [0.15, 0.2) is 72.8 Å².